The Kier molecular flexibility index (Phi) is 56.8. The Morgan fingerprint density at radius 3 is 0.728 bits per heavy atom. The number of rotatable bonds is 0. The van der Waals surface area contributed by atoms with Crippen LogP contribution in [0.5, 0.6) is 0 Å². The fourth-order valence-corrected chi connectivity index (χ4v) is 17.7. The molecule has 0 unspecified atom stereocenters. The minimum Gasteiger partial charge on any atom is -0.344 e. The van der Waals surface area contributed by atoms with Gasteiger partial charge < -0.3 is 4.57 Å². The highest BCUT2D eigenvalue weighted by Gasteiger charge is 2.20. The van der Waals surface area contributed by atoms with Crippen LogP contribution in [0.25, 0.3) is 86.4 Å². The molecule has 18 aromatic carbocycles. The van der Waals surface area contributed by atoms with Gasteiger partial charge in [0.2, 0.25) is 0 Å². The van der Waals surface area contributed by atoms with E-state index in [1.807, 2.05) is 194 Å². The average molecular weight is 1810 g/mol. The number of nitrogens with zero attached hydrogens (tertiary/aromatic N) is 1. The maximum Gasteiger partial charge on any atom is 0.0488 e. The van der Waals surface area contributed by atoms with Crippen molar-refractivity contribution in [1.29, 1.82) is 0 Å². The number of hydrogen-bond donors (Lipinski definition) is 0. The van der Waals surface area contributed by atoms with Crippen LogP contribution >= 0.6 is 0 Å². The predicted molar refractivity (Wildman–Crippen MR) is 622 cm³/mol. The highest BCUT2D eigenvalue weighted by Crippen LogP contribution is 2.39. The Bertz CT molecular complexity index is 6180. The van der Waals surface area contributed by atoms with E-state index in [4.69, 9.17) is 0 Å². The number of para-hydroxylation sites is 2. The molecule has 0 atom stereocenters. The van der Waals surface area contributed by atoms with Crippen molar-refractivity contribution in [2.45, 2.75) is 287 Å². The van der Waals surface area contributed by atoms with Gasteiger partial charge in [-0.15, -0.1) is 0 Å². The Hall–Kier alpha value is -12.2. The van der Waals surface area contributed by atoms with Gasteiger partial charge in [-0.25, -0.2) is 0 Å². The molecule has 0 spiro atoms. The van der Waals surface area contributed by atoms with Crippen LogP contribution in [0.2, 0.25) is 0 Å². The first-order valence-electron chi connectivity index (χ1n) is 52.7. The Balaban J connectivity index is 0.000000391. The van der Waals surface area contributed by atoms with Gasteiger partial charge in [-0.1, -0.05) is 520 Å². The summed E-state index contributed by atoms with van der Waals surface area (Å²) in [6.45, 7) is 69.1. The first-order valence-corrected chi connectivity index (χ1v) is 52.7. The lowest BCUT2D eigenvalue weighted by Crippen LogP contribution is -2.08. The molecule has 0 saturated carbocycles. The van der Waals surface area contributed by atoms with Gasteiger partial charge in [-0.3, -0.25) is 0 Å². The molecule has 720 valence electrons. The largest absolute Gasteiger partial charge is 0.344 e. The molecule has 0 saturated heterocycles. The second kappa shape index (κ2) is 65.5. The summed E-state index contributed by atoms with van der Waals surface area (Å²) in [6, 6.07) is 119. The van der Waals surface area contributed by atoms with Gasteiger partial charge in [-0.2, -0.15) is 0 Å². The van der Waals surface area contributed by atoms with E-state index >= 15 is 0 Å². The van der Waals surface area contributed by atoms with Crippen molar-refractivity contribution in [1.82, 2.24) is 4.57 Å². The van der Waals surface area contributed by atoms with Crippen molar-refractivity contribution in [3.63, 3.8) is 0 Å². The van der Waals surface area contributed by atoms with Crippen molar-refractivity contribution < 1.29 is 0 Å². The van der Waals surface area contributed by atoms with E-state index in [1.165, 1.54) is 209 Å². The van der Waals surface area contributed by atoms with Crippen LogP contribution in [-0.2, 0) is 58.4 Å². The van der Waals surface area contributed by atoms with Gasteiger partial charge in [-0.05, 0) is 281 Å². The Morgan fingerprint density at radius 1 is 0.154 bits per heavy atom. The highest BCUT2D eigenvalue weighted by atomic mass is 14.9. The molecule has 19 aromatic rings. The molecule has 0 radical (unpaired) electrons. The normalized spacial score (nSPS) is 10.5. The second-order valence-electron chi connectivity index (χ2n) is 30.6. The minimum atomic E-state index is 1.10. The summed E-state index contributed by atoms with van der Waals surface area (Å²) >= 11 is 0. The molecule has 0 amide bonds. The van der Waals surface area contributed by atoms with E-state index in [9.17, 15) is 0 Å². The third kappa shape index (κ3) is 30.7. The van der Waals surface area contributed by atoms with Crippen LogP contribution in [-0.4, -0.2) is 4.57 Å². The molecule has 4 aliphatic carbocycles. The third-order valence-corrected chi connectivity index (χ3v) is 23.4. The molecule has 23 rings (SSSR count). The fourth-order valence-electron chi connectivity index (χ4n) is 17.7. The van der Waals surface area contributed by atoms with Crippen molar-refractivity contribution in [3.05, 3.63) is 450 Å². The second-order valence-corrected chi connectivity index (χ2v) is 30.6. The molecule has 0 aliphatic heterocycles. The van der Waals surface area contributed by atoms with E-state index in [-0.39, 0.29) is 0 Å². The lowest BCUT2D eigenvalue weighted by molar-refractivity contribution is 0.986. The van der Waals surface area contributed by atoms with E-state index < -0.39 is 0 Å². The molecule has 1 heteroatoms. The van der Waals surface area contributed by atoms with E-state index in [0.717, 1.165) is 51.4 Å². The first-order chi connectivity index (χ1) is 66.9. The zero-order chi connectivity index (χ0) is 101. The van der Waals surface area contributed by atoms with Crippen molar-refractivity contribution in [2.75, 3.05) is 0 Å². The first kappa shape index (κ1) is 118. The minimum absolute atomic E-state index is 1.10. The van der Waals surface area contributed by atoms with Gasteiger partial charge in [0, 0.05) is 28.9 Å². The fraction of sp³-hybridized carbons (Fsp3) is 0.319. The summed E-state index contributed by atoms with van der Waals surface area (Å²) < 4.78 is 2.24. The van der Waals surface area contributed by atoms with Gasteiger partial charge in [0.05, 0.1) is 0 Å². The summed E-state index contributed by atoms with van der Waals surface area (Å²) in [5.41, 5.74) is 35.0. The molecular weight excluding hydrogens is 1640 g/mol. The summed E-state index contributed by atoms with van der Waals surface area (Å²) in [4.78, 5) is 0. The zero-order valence-corrected chi connectivity index (χ0v) is 91.3. The monoisotopic (exact) mass is 1810 g/mol. The molecule has 136 heavy (non-hydrogen) atoms. The Morgan fingerprint density at radius 2 is 0.390 bits per heavy atom. The summed E-state index contributed by atoms with van der Waals surface area (Å²) in [5, 5.41) is 19.1. The smallest absolute Gasteiger partial charge is 0.0488 e. The Labute approximate surface area is 829 Å². The van der Waals surface area contributed by atoms with E-state index in [0.29, 0.717) is 0 Å². The number of hydrogen-bond acceptors (Lipinski definition) is 0. The number of aromatic nitrogens is 1. The average Bonchev–Trinajstić information content (AvgIpc) is 1.06. The summed E-state index contributed by atoms with van der Waals surface area (Å²) in [6.07, 6.45) is 8.84. The third-order valence-electron chi connectivity index (χ3n) is 23.4. The van der Waals surface area contributed by atoms with E-state index in [2.05, 4.69) is 381 Å². The van der Waals surface area contributed by atoms with Crippen molar-refractivity contribution >= 4 is 86.4 Å². The molecule has 0 N–H and O–H groups in total. The molecule has 0 fully saturated rings. The van der Waals surface area contributed by atoms with Crippen LogP contribution in [0.1, 0.15) is 316 Å². The molecule has 1 aromatic heterocycles. The van der Waals surface area contributed by atoms with Crippen LogP contribution in [0, 0.1) is 41.5 Å². The van der Waals surface area contributed by atoms with Crippen LogP contribution < -0.4 is 0 Å². The lowest BCUT2D eigenvalue weighted by atomic mass is 9.84. The topological polar surface area (TPSA) is 4.93 Å². The number of fused-ring (bicyclic) bond motifs is 11. The molecule has 0 bridgehead atoms. The highest BCUT2D eigenvalue weighted by molar-refractivity contribution is 6.24. The van der Waals surface area contributed by atoms with Gasteiger partial charge in [0.15, 0.2) is 0 Å². The maximum absolute atomic E-state index is 2.32. The molecule has 1 heterocycles. The van der Waals surface area contributed by atoms with Crippen molar-refractivity contribution in [2.24, 2.45) is 7.05 Å². The van der Waals surface area contributed by atoms with Gasteiger partial charge >= 0.3 is 0 Å². The summed E-state index contributed by atoms with van der Waals surface area (Å²) in [7, 11) is 2.12. The maximum atomic E-state index is 2.32. The summed E-state index contributed by atoms with van der Waals surface area (Å²) in [5.74, 6) is 0. The van der Waals surface area contributed by atoms with Crippen molar-refractivity contribution in [3.8, 4) is 0 Å². The zero-order valence-electron chi connectivity index (χ0n) is 91.3. The van der Waals surface area contributed by atoms with Gasteiger partial charge in [0.25, 0.3) is 0 Å². The van der Waals surface area contributed by atoms with Crippen LogP contribution in [0.15, 0.2) is 328 Å². The predicted octanol–water partition coefficient (Wildman–Crippen LogP) is 41.4. The quantitative estimate of drug-likeness (QED) is 0.133. The molecular formula is C135H175N. The van der Waals surface area contributed by atoms with Crippen LogP contribution in [0.4, 0.5) is 0 Å². The van der Waals surface area contributed by atoms with Gasteiger partial charge in [0.1, 0.15) is 0 Å². The SMILES string of the molecule is CC.CC.CC.CC.CC.CC.CC.CC.CC.CC.CC.CC.CC.CC.Cc1cc2ccc3cccc4ccc(c1)c2c34.Cc1ccc2c(c1)Cc1ccccc1C2.Cc1ccc2c(c1)Cc1ccccc1C2.Cc1ccc2ccc3cccc4ccc1c2c34.Cc1cccc2c1Cc1ccccc1C2.Cc1cccc2c1Cc1ccccc1C2.Cn1c2ccccc2c2ccccc21. The lowest BCUT2D eigenvalue weighted by Gasteiger charge is -2.21. The molecule has 1 nitrogen and oxygen atoms in total. The standard InChI is InChI=1S/2C17H12.4C15H14.C13H11N.14C2H6/c1-11-9-14-7-5-12-3-2-4-13-6-8-15(10-11)17(14)16(12)13;1-11-5-6-14-8-7-12-3-2-4-13-9-10-15(11)17(14)16(12)13;2*1-11-5-4-8-14-9-12-6-2-3-7-13(12)10-15(11)14;2*1-11-6-7-14-9-12-4-2-3-5-13(12)10-15(14)8-11;1-14-12-8-4-2-6-10(12)11-7-3-5-9-13(11)14;14*1-2/h2*2-10H,1H3;4*2-8H,9-10H2,1H3;2-9H,1H3;14*1-2H3. The van der Waals surface area contributed by atoms with Crippen LogP contribution in [0.3, 0.4) is 0 Å². The number of benzene rings is 18. The molecule has 4 aliphatic rings. The van der Waals surface area contributed by atoms with E-state index in [1.54, 1.807) is 0 Å². The number of aryl methyl sites for hydroxylation is 7.